The van der Waals surface area contributed by atoms with Gasteiger partial charge in [-0.15, -0.1) is 0 Å². The summed E-state index contributed by atoms with van der Waals surface area (Å²) in [4.78, 5) is 16.7. The quantitative estimate of drug-likeness (QED) is 0.447. The van der Waals surface area contributed by atoms with Crippen molar-refractivity contribution < 1.29 is 14.3 Å². The van der Waals surface area contributed by atoms with E-state index in [0.717, 1.165) is 28.2 Å². The lowest BCUT2D eigenvalue weighted by molar-refractivity contribution is -0.110. The molecule has 0 spiro atoms. The van der Waals surface area contributed by atoms with Gasteiger partial charge in [-0.2, -0.15) is 0 Å². The highest BCUT2D eigenvalue weighted by Gasteiger charge is 2.26. The van der Waals surface area contributed by atoms with Crippen LogP contribution in [-0.4, -0.2) is 31.7 Å². The summed E-state index contributed by atoms with van der Waals surface area (Å²) in [6, 6.07) is 17.7. The number of rotatable bonds is 7. The SMILES string of the molecule is COc1cc2c(cc1OC)C(=CCCNc1ccc(-c3ccccn3)cc1)C(=O)N2. The fraction of sp³-hybridized carbons (Fsp3) is 0.167. The van der Waals surface area contributed by atoms with Crippen LogP contribution >= 0.6 is 0 Å². The van der Waals surface area contributed by atoms with Crippen molar-refractivity contribution in [3.8, 4) is 22.8 Å². The molecule has 1 aliphatic heterocycles. The molecule has 2 N–H and O–H groups in total. The molecule has 2 aromatic carbocycles. The standard InChI is InChI=1S/C24H23N3O3/c1-29-22-14-19-18(24(28)27-21(19)15-23(22)30-2)6-5-13-25-17-10-8-16(9-11-17)20-7-3-4-12-26-20/h3-4,6-12,14-15,25H,5,13H2,1-2H3,(H,27,28). The van der Waals surface area contributed by atoms with Crippen molar-refractivity contribution in [1.82, 2.24) is 4.98 Å². The lowest BCUT2D eigenvalue weighted by Gasteiger charge is -2.09. The number of carbonyl (C=O) groups excluding carboxylic acids is 1. The number of fused-ring (bicyclic) bond motifs is 1. The minimum absolute atomic E-state index is 0.111. The maximum absolute atomic E-state index is 12.4. The Morgan fingerprint density at radius 1 is 1.03 bits per heavy atom. The first-order valence-electron chi connectivity index (χ1n) is 9.73. The highest BCUT2D eigenvalue weighted by atomic mass is 16.5. The Bertz CT molecular complexity index is 1080. The van der Waals surface area contributed by atoms with Gasteiger partial charge in [-0.05, 0) is 36.8 Å². The van der Waals surface area contributed by atoms with Gasteiger partial charge in [-0.3, -0.25) is 9.78 Å². The monoisotopic (exact) mass is 401 g/mol. The first-order chi connectivity index (χ1) is 14.7. The topological polar surface area (TPSA) is 72.5 Å². The molecule has 30 heavy (non-hydrogen) atoms. The van der Waals surface area contributed by atoms with Crippen LogP contribution in [0.1, 0.15) is 12.0 Å². The predicted molar refractivity (Wildman–Crippen MR) is 119 cm³/mol. The Morgan fingerprint density at radius 2 is 1.80 bits per heavy atom. The zero-order chi connectivity index (χ0) is 20.9. The molecule has 0 atom stereocenters. The zero-order valence-corrected chi connectivity index (χ0v) is 16.9. The lowest BCUT2D eigenvalue weighted by Crippen LogP contribution is -2.05. The molecule has 1 aliphatic rings. The highest BCUT2D eigenvalue weighted by molar-refractivity contribution is 6.31. The summed E-state index contributed by atoms with van der Waals surface area (Å²) in [6.07, 6.45) is 4.44. The van der Waals surface area contributed by atoms with E-state index < -0.39 is 0 Å². The van der Waals surface area contributed by atoms with E-state index in [1.54, 1.807) is 26.5 Å². The number of amides is 1. The molecule has 152 valence electrons. The van der Waals surface area contributed by atoms with Gasteiger partial charge in [0.15, 0.2) is 11.5 Å². The molecule has 6 nitrogen and oxygen atoms in total. The van der Waals surface area contributed by atoms with Gasteiger partial charge >= 0.3 is 0 Å². The predicted octanol–water partition coefficient (Wildman–Crippen LogP) is 4.60. The Hall–Kier alpha value is -3.80. The van der Waals surface area contributed by atoms with E-state index in [2.05, 4.69) is 15.6 Å². The van der Waals surface area contributed by atoms with Gasteiger partial charge in [-0.1, -0.05) is 24.3 Å². The third-order valence-corrected chi connectivity index (χ3v) is 4.97. The van der Waals surface area contributed by atoms with Gasteiger partial charge in [0.1, 0.15) is 0 Å². The van der Waals surface area contributed by atoms with Gasteiger partial charge in [0.2, 0.25) is 0 Å². The van der Waals surface area contributed by atoms with Crippen LogP contribution < -0.4 is 20.1 Å². The maximum atomic E-state index is 12.4. The number of aromatic nitrogens is 1. The van der Waals surface area contributed by atoms with Crippen LogP contribution in [0.4, 0.5) is 11.4 Å². The maximum Gasteiger partial charge on any atom is 0.256 e. The molecule has 4 rings (SSSR count). The first-order valence-corrected chi connectivity index (χ1v) is 9.73. The van der Waals surface area contributed by atoms with Crippen LogP contribution in [0, 0.1) is 0 Å². The van der Waals surface area contributed by atoms with Crippen LogP contribution in [0.3, 0.4) is 0 Å². The molecule has 1 amide bonds. The summed E-state index contributed by atoms with van der Waals surface area (Å²) in [6.45, 7) is 0.711. The van der Waals surface area contributed by atoms with Crippen molar-refractivity contribution >= 4 is 22.9 Å². The van der Waals surface area contributed by atoms with Crippen molar-refractivity contribution in [3.63, 3.8) is 0 Å². The van der Waals surface area contributed by atoms with Crippen molar-refractivity contribution in [1.29, 1.82) is 0 Å². The highest BCUT2D eigenvalue weighted by Crippen LogP contribution is 2.40. The Balaban J connectivity index is 1.40. The Kier molecular flexibility index (Phi) is 5.66. The summed E-state index contributed by atoms with van der Waals surface area (Å²) in [5.41, 5.74) is 5.27. The molecule has 1 aromatic heterocycles. The number of benzene rings is 2. The van der Waals surface area contributed by atoms with Gasteiger partial charge < -0.3 is 20.1 Å². The summed E-state index contributed by atoms with van der Waals surface area (Å²) in [7, 11) is 3.16. The normalized spacial score (nSPS) is 13.7. The number of anilines is 2. The Labute approximate surface area is 175 Å². The number of carbonyl (C=O) groups is 1. The van der Waals surface area contributed by atoms with Crippen LogP contribution in [0.5, 0.6) is 11.5 Å². The molecular formula is C24H23N3O3. The van der Waals surface area contributed by atoms with E-state index in [1.165, 1.54) is 0 Å². The number of hydrogen-bond donors (Lipinski definition) is 2. The molecule has 0 radical (unpaired) electrons. The Morgan fingerprint density at radius 3 is 2.50 bits per heavy atom. The van der Waals surface area contributed by atoms with Gasteiger partial charge in [0.05, 0.1) is 25.6 Å². The number of hydrogen-bond acceptors (Lipinski definition) is 5. The van der Waals surface area contributed by atoms with E-state index in [4.69, 9.17) is 9.47 Å². The third-order valence-electron chi connectivity index (χ3n) is 4.97. The number of nitrogens with one attached hydrogen (secondary N) is 2. The summed E-state index contributed by atoms with van der Waals surface area (Å²) < 4.78 is 10.7. The molecular weight excluding hydrogens is 378 g/mol. The fourth-order valence-electron chi connectivity index (χ4n) is 3.45. The van der Waals surface area contributed by atoms with Crippen LogP contribution in [0.25, 0.3) is 16.8 Å². The minimum atomic E-state index is -0.111. The molecule has 0 bridgehead atoms. The number of methoxy groups -OCH3 is 2. The molecule has 6 heteroatoms. The average molecular weight is 401 g/mol. The molecule has 0 unspecified atom stereocenters. The second kappa shape index (κ2) is 8.69. The molecule has 0 saturated heterocycles. The summed E-state index contributed by atoms with van der Waals surface area (Å²) in [5, 5.41) is 6.27. The van der Waals surface area contributed by atoms with Gasteiger partial charge in [0.25, 0.3) is 5.91 Å². The first kappa shape index (κ1) is 19.5. The van der Waals surface area contributed by atoms with E-state index in [-0.39, 0.29) is 5.91 Å². The second-order valence-electron chi connectivity index (χ2n) is 6.83. The van der Waals surface area contributed by atoms with Crippen molar-refractivity contribution in [2.75, 3.05) is 31.4 Å². The van der Waals surface area contributed by atoms with Crippen LogP contribution in [0.2, 0.25) is 0 Å². The zero-order valence-electron chi connectivity index (χ0n) is 16.9. The largest absolute Gasteiger partial charge is 0.493 e. The van der Waals surface area contributed by atoms with Crippen LogP contribution in [-0.2, 0) is 4.79 Å². The number of nitrogens with zero attached hydrogens (tertiary/aromatic N) is 1. The van der Waals surface area contributed by atoms with Crippen molar-refractivity contribution in [3.05, 3.63) is 72.4 Å². The van der Waals surface area contributed by atoms with Crippen molar-refractivity contribution in [2.45, 2.75) is 6.42 Å². The molecule has 0 fully saturated rings. The lowest BCUT2D eigenvalue weighted by atomic mass is 10.1. The van der Waals surface area contributed by atoms with E-state index >= 15 is 0 Å². The smallest absolute Gasteiger partial charge is 0.256 e. The number of ether oxygens (including phenoxy) is 2. The van der Waals surface area contributed by atoms with E-state index in [1.807, 2.05) is 54.6 Å². The molecule has 3 aromatic rings. The van der Waals surface area contributed by atoms with Gasteiger partial charge in [0, 0.05) is 41.2 Å². The van der Waals surface area contributed by atoms with E-state index in [0.29, 0.717) is 30.0 Å². The third kappa shape index (κ3) is 3.98. The fourth-order valence-corrected chi connectivity index (χ4v) is 3.45. The summed E-state index contributed by atoms with van der Waals surface area (Å²) >= 11 is 0. The second-order valence-corrected chi connectivity index (χ2v) is 6.83. The average Bonchev–Trinajstić information content (AvgIpc) is 3.10. The minimum Gasteiger partial charge on any atom is -0.493 e. The molecule has 0 saturated carbocycles. The molecule has 0 aliphatic carbocycles. The summed E-state index contributed by atoms with van der Waals surface area (Å²) in [5.74, 6) is 1.08. The molecule has 2 heterocycles. The van der Waals surface area contributed by atoms with E-state index in [9.17, 15) is 4.79 Å². The van der Waals surface area contributed by atoms with Crippen LogP contribution in [0.15, 0.2) is 66.9 Å². The van der Waals surface area contributed by atoms with Crippen molar-refractivity contribution in [2.24, 2.45) is 0 Å². The number of pyridine rings is 1. The van der Waals surface area contributed by atoms with Gasteiger partial charge in [-0.25, -0.2) is 0 Å².